The van der Waals surface area contributed by atoms with Gasteiger partial charge in [0.2, 0.25) is 5.88 Å². The van der Waals surface area contributed by atoms with Crippen LogP contribution in [0.5, 0.6) is 5.88 Å². The molecule has 3 heterocycles. The van der Waals surface area contributed by atoms with Crippen LogP contribution >= 0.6 is 11.6 Å². The Morgan fingerprint density at radius 2 is 1.95 bits per heavy atom. The van der Waals surface area contributed by atoms with Crippen LogP contribution in [0.4, 0.5) is 14.5 Å². The summed E-state index contributed by atoms with van der Waals surface area (Å²) in [6.45, 7) is 2.43. The van der Waals surface area contributed by atoms with Gasteiger partial charge in [0.25, 0.3) is 5.91 Å². The molecule has 8 nitrogen and oxygen atoms in total. The average Bonchev–Trinajstić information content (AvgIpc) is 3.60. The molecule has 2 fully saturated rings. The monoisotopic (exact) mass is 557 g/mol. The van der Waals surface area contributed by atoms with Crippen molar-refractivity contribution in [1.29, 1.82) is 0 Å². The Hall–Kier alpha value is -3.27. The third kappa shape index (κ3) is 4.95. The highest BCUT2D eigenvalue weighted by Gasteiger charge is 2.46. The van der Waals surface area contributed by atoms with Crippen molar-refractivity contribution in [1.82, 2.24) is 19.3 Å². The standard InChI is InChI=1S/C28H30ClF2N5O3/c1-16(17-6-3-2-4-7-17)39-26-18(25(37)32-23-19(29)8-5-9-20(23)30)14-21(31)24(33-26)36-27(38)35-13-12-28(10-11-28)15-22(35)34-36/h5,8-9,14,16-17H,2-4,6-7,10-13,15H2,1H3,(H,32,37)/t16-/m0/s1. The molecular weight excluding hydrogens is 528 g/mol. The number of benzene rings is 1. The molecule has 2 aromatic heterocycles. The van der Waals surface area contributed by atoms with E-state index < -0.39 is 23.2 Å². The fourth-order valence-electron chi connectivity index (χ4n) is 5.84. The van der Waals surface area contributed by atoms with Crippen molar-refractivity contribution in [3.05, 3.63) is 62.8 Å². The quantitative estimate of drug-likeness (QED) is 0.421. The predicted molar refractivity (Wildman–Crippen MR) is 142 cm³/mol. The second kappa shape index (κ2) is 10.0. The molecule has 2 saturated carbocycles. The van der Waals surface area contributed by atoms with Crippen molar-refractivity contribution in [2.45, 2.75) is 77.4 Å². The van der Waals surface area contributed by atoms with Crippen LogP contribution in [0.1, 0.15) is 74.5 Å². The molecular formula is C28H30ClF2N5O3. The Kier molecular flexibility index (Phi) is 6.69. The second-order valence-electron chi connectivity index (χ2n) is 11.1. The van der Waals surface area contributed by atoms with Gasteiger partial charge in [-0.05, 0) is 68.6 Å². The lowest BCUT2D eigenvalue weighted by Gasteiger charge is -2.28. The number of hydrogen-bond acceptors (Lipinski definition) is 5. The van der Waals surface area contributed by atoms with Gasteiger partial charge in [-0.2, -0.15) is 9.67 Å². The number of amides is 1. The molecule has 3 aliphatic rings. The van der Waals surface area contributed by atoms with Crippen LogP contribution in [0, 0.1) is 23.0 Å². The lowest BCUT2D eigenvalue weighted by atomic mass is 9.86. The van der Waals surface area contributed by atoms with Gasteiger partial charge in [0, 0.05) is 13.0 Å². The van der Waals surface area contributed by atoms with E-state index in [1.165, 1.54) is 12.1 Å². The summed E-state index contributed by atoms with van der Waals surface area (Å²) in [7, 11) is 0. The normalized spacial score (nSPS) is 19.0. The number of hydrogen-bond donors (Lipinski definition) is 1. The maximum atomic E-state index is 15.6. The number of carbonyl (C=O) groups is 1. The van der Waals surface area contributed by atoms with E-state index >= 15 is 4.39 Å². The molecule has 1 amide bonds. The van der Waals surface area contributed by atoms with Crippen LogP contribution in [0.25, 0.3) is 5.82 Å². The number of anilines is 1. The van der Waals surface area contributed by atoms with Crippen molar-refractivity contribution in [3.63, 3.8) is 0 Å². The van der Waals surface area contributed by atoms with Crippen LogP contribution < -0.4 is 15.7 Å². The zero-order chi connectivity index (χ0) is 27.3. The lowest BCUT2D eigenvalue weighted by Crippen LogP contribution is -2.30. The number of nitrogens with zero attached hydrogens (tertiary/aromatic N) is 4. The number of halogens is 3. The minimum absolute atomic E-state index is 0.00461. The van der Waals surface area contributed by atoms with E-state index in [2.05, 4.69) is 15.4 Å². The fraction of sp³-hybridized carbons (Fsp3) is 0.500. The third-order valence-electron chi connectivity index (χ3n) is 8.48. The number of ether oxygens (including phenoxy) is 1. The summed E-state index contributed by atoms with van der Waals surface area (Å²) in [4.78, 5) is 30.8. The molecule has 2 aliphatic carbocycles. The predicted octanol–water partition coefficient (Wildman–Crippen LogP) is 5.69. The number of aromatic nitrogens is 4. The minimum Gasteiger partial charge on any atom is -0.474 e. The molecule has 1 aromatic carbocycles. The van der Waals surface area contributed by atoms with E-state index in [9.17, 15) is 14.0 Å². The zero-order valence-corrected chi connectivity index (χ0v) is 22.4. The van der Waals surface area contributed by atoms with Gasteiger partial charge < -0.3 is 10.1 Å². The highest BCUT2D eigenvalue weighted by atomic mass is 35.5. The first-order valence-electron chi connectivity index (χ1n) is 13.6. The Bertz CT molecular complexity index is 1470. The molecule has 0 saturated heterocycles. The number of carbonyl (C=O) groups excluding carboxylic acids is 1. The smallest absolute Gasteiger partial charge is 0.352 e. The summed E-state index contributed by atoms with van der Waals surface area (Å²) in [5.74, 6) is -2.12. The summed E-state index contributed by atoms with van der Waals surface area (Å²) in [6, 6.07) is 4.97. The van der Waals surface area contributed by atoms with Crippen molar-refractivity contribution in [3.8, 4) is 11.7 Å². The molecule has 11 heteroatoms. The van der Waals surface area contributed by atoms with Crippen molar-refractivity contribution in [2.24, 2.45) is 11.3 Å². The maximum Gasteiger partial charge on any atom is 0.352 e. The number of rotatable bonds is 6. The largest absolute Gasteiger partial charge is 0.474 e. The third-order valence-corrected chi connectivity index (χ3v) is 8.79. The fourth-order valence-corrected chi connectivity index (χ4v) is 6.05. The first kappa shape index (κ1) is 26.0. The topological polar surface area (TPSA) is 91.0 Å². The summed E-state index contributed by atoms with van der Waals surface area (Å²) in [6.07, 6.45) is 8.71. The molecule has 1 atom stereocenters. The van der Waals surface area contributed by atoms with Gasteiger partial charge >= 0.3 is 5.69 Å². The highest BCUT2D eigenvalue weighted by Crippen LogP contribution is 2.53. The SMILES string of the molecule is C[C@H](Oc1nc(-n2nc3n(c2=O)CCC2(CC2)C3)c(F)cc1C(=O)Nc1c(F)cccc1Cl)C1CCCCC1. The molecule has 0 radical (unpaired) electrons. The van der Waals surface area contributed by atoms with Crippen LogP contribution in [0.3, 0.4) is 0 Å². The Balaban J connectivity index is 1.39. The molecule has 39 heavy (non-hydrogen) atoms. The summed E-state index contributed by atoms with van der Waals surface area (Å²) < 4.78 is 38.7. The maximum absolute atomic E-state index is 15.6. The van der Waals surface area contributed by atoms with Gasteiger partial charge in [-0.1, -0.05) is 36.9 Å². The van der Waals surface area contributed by atoms with Gasteiger partial charge in [0.05, 0.1) is 10.7 Å². The molecule has 1 aliphatic heterocycles. The highest BCUT2D eigenvalue weighted by molar-refractivity contribution is 6.34. The number of fused-ring (bicyclic) bond motifs is 1. The number of pyridine rings is 1. The van der Waals surface area contributed by atoms with Gasteiger partial charge in [0.15, 0.2) is 11.6 Å². The van der Waals surface area contributed by atoms with E-state index in [1.54, 1.807) is 4.57 Å². The molecule has 1 N–H and O–H groups in total. The summed E-state index contributed by atoms with van der Waals surface area (Å²) >= 11 is 6.09. The Morgan fingerprint density at radius 3 is 2.67 bits per heavy atom. The summed E-state index contributed by atoms with van der Waals surface area (Å²) in [5, 5.41) is 6.85. The molecule has 1 spiro atoms. The Labute approximate surface area is 229 Å². The van der Waals surface area contributed by atoms with Crippen molar-refractivity contribution in [2.75, 3.05) is 5.32 Å². The van der Waals surface area contributed by atoms with Gasteiger partial charge in [-0.25, -0.2) is 13.6 Å². The van der Waals surface area contributed by atoms with E-state index in [0.717, 1.165) is 68.2 Å². The first-order chi connectivity index (χ1) is 18.7. The van der Waals surface area contributed by atoms with Crippen molar-refractivity contribution < 1.29 is 18.3 Å². The van der Waals surface area contributed by atoms with Gasteiger partial charge in [0.1, 0.15) is 23.3 Å². The molecule has 6 rings (SSSR count). The summed E-state index contributed by atoms with van der Waals surface area (Å²) in [5.41, 5.74) is -0.732. The van der Waals surface area contributed by atoms with Crippen LogP contribution in [-0.2, 0) is 13.0 Å². The molecule has 0 unspecified atom stereocenters. The molecule has 3 aromatic rings. The number of nitrogens with one attached hydrogen (secondary N) is 1. The van der Waals surface area contributed by atoms with E-state index in [0.29, 0.717) is 18.8 Å². The van der Waals surface area contributed by atoms with Crippen LogP contribution in [0.15, 0.2) is 29.1 Å². The number of para-hydroxylation sites is 1. The van der Waals surface area contributed by atoms with E-state index in [4.69, 9.17) is 16.3 Å². The van der Waals surface area contributed by atoms with Gasteiger partial charge in [-0.3, -0.25) is 9.36 Å². The zero-order valence-electron chi connectivity index (χ0n) is 21.7. The average molecular weight is 558 g/mol. The van der Waals surface area contributed by atoms with E-state index in [1.807, 2.05) is 6.92 Å². The first-order valence-corrected chi connectivity index (χ1v) is 13.9. The lowest BCUT2D eigenvalue weighted by molar-refractivity contribution is 0.0987. The van der Waals surface area contributed by atoms with Crippen molar-refractivity contribution >= 4 is 23.2 Å². The van der Waals surface area contributed by atoms with Crippen LogP contribution in [-0.4, -0.2) is 31.3 Å². The molecule has 0 bridgehead atoms. The van der Waals surface area contributed by atoms with Crippen LogP contribution in [0.2, 0.25) is 5.02 Å². The van der Waals surface area contributed by atoms with Gasteiger partial charge in [-0.15, -0.1) is 5.10 Å². The second-order valence-corrected chi connectivity index (χ2v) is 11.5. The minimum atomic E-state index is -0.920. The molecule has 206 valence electrons. The van der Waals surface area contributed by atoms with E-state index in [-0.39, 0.29) is 45.4 Å². The Morgan fingerprint density at radius 1 is 1.18 bits per heavy atom.